The monoisotopic (exact) mass is 298 g/mol. The highest BCUT2D eigenvalue weighted by molar-refractivity contribution is 7.10. The van der Waals surface area contributed by atoms with Gasteiger partial charge < -0.3 is 10.6 Å². The summed E-state index contributed by atoms with van der Waals surface area (Å²) in [6.07, 6.45) is 3.36. The number of benzene rings is 1. The summed E-state index contributed by atoms with van der Waals surface area (Å²) in [5.74, 6) is 0.0498. The van der Waals surface area contributed by atoms with Crippen molar-refractivity contribution in [1.82, 2.24) is 10.6 Å². The number of hydrogen-bond acceptors (Lipinski definition) is 3. The van der Waals surface area contributed by atoms with Crippen molar-refractivity contribution in [1.29, 1.82) is 0 Å². The SMILES string of the molecule is O=C(NC1CCCc2sccc21)c1ccc2c(c1)CNC2. The molecule has 2 aliphatic rings. The first-order valence-corrected chi connectivity index (χ1v) is 8.39. The zero-order chi connectivity index (χ0) is 14.2. The summed E-state index contributed by atoms with van der Waals surface area (Å²) in [4.78, 5) is 14.0. The maximum Gasteiger partial charge on any atom is 0.251 e. The van der Waals surface area contributed by atoms with Gasteiger partial charge in [-0.05, 0) is 59.5 Å². The van der Waals surface area contributed by atoms with Crippen LogP contribution in [-0.2, 0) is 19.5 Å². The molecule has 4 heteroatoms. The fraction of sp³-hybridized carbons (Fsp3) is 0.353. The van der Waals surface area contributed by atoms with Crippen molar-refractivity contribution in [3.63, 3.8) is 0 Å². The molecule has 4 rings (SSSR count). The molecule has 1 amide bonds. The highest BCUT2D eigenvalue weighted by atomic mass is 32.1. The van der Waals surface area contributed by atoms with E-state index in [1.807, 2.05) is 23.5 Å². The average molecular weight is 298 g/mol. The first-order chi connectivity index (χ1) is 10.3. The van der Waals surface area contributed by atoms with Gasteiger partial charge in [0.2, 0.25) is 0 Å². The molecule has 2 aromatic rings. The predicted octanol–water partition coefficient (Wildman–Crippen LogP) is 3.16. The Bertz CT molecular complexity index is 692. The Kier molecular flexibility index (Phi) is 3.28. The van der Waals surface area contributed by atoms with Crippen LogP contribution in [0, 0.1) is 0 Å². The first kappa shape index (κ1) is 13.0. The number of fused-ring (bicyclic) bond motifs is 2. The second-order valence-electron chi connectivity index (χ2n) is 5.80. The molecule has 1 aromatic heterocycles. The van der Waals surface area contributed by atoms with Crippen LogP contribution in [0.25, 0.3) is 0 Å². The number of carbonyl (C=O) groups is 1. The minimum absolute atomic E-state index is 0.0498. The maximum atomic E-state index is 12.5. The fourth-order valence-corrected chi connectivity index (χ4v) is 4.30. The Morgan fingerprint density at radius 2 is 2.14 bits per heavy atom. The van der Waals surface area contributed by atoms with Gasteiger partial charge in [-0.25, -0.2) is 0 Å². The van der Waals surface area contributed by atoms with Crippen LogP contribution in [-0.4, -0.2) is 5.91 Å². The largest absolute Gasteiger partial charge is 0.345 e. The van der Waals surface area contributed by atoms with Gasteiger partial charge in [-0.3, -0.25) is 4.79 Å². The second kappa shape index (κ2) is 5.28. The van der Waals surface area contributed by atoms with Crippen molar-refractivity contribution in [3.05, 3.63) is 56.8 Å². The number of rotatable bonds is 2. The van der Waals surface area contributed by atoms with E-state index in [-0.39, 0.29) is 11.9 Å². The fourth-order valence-electron chi connectivity index (χ4n) is 3.31. The van der Waals surface area contributed by atoms with E-state index in [2.05, 4.69) is 28.1 Å². The average Bonchev–Trinajstić information content (AvgIpc) is 3.15. The van der Waals surface area contributed by atoms with Gasteiger partial charge in [0.1, 0.15) is 0 Å². The number of hydrogen-bond donors (Lipinski definition) is 2. The lowest BCUT2D eigenvalue weighted by Gasteiger charge is -2.23. The molecule has 108 valence electrons. The lowest BCUT2D eigenvalue weighted by molar-refractivity contribution is 0.0933. The first-order valence-electron chi connectivity index (χ1n) is 7.51. The summed E-state index contributed by atoms with van der Waals surface area (Å²) in [6.45, 7) is 1.78. The molecule has 3 nitrogen and oxygen atoms in total. The highest BCUT2D eigenvalue weighted by Gasteiger charge is 2.23. The van der Waals surface area contributed by atoms with E-state index in [4.69, 9.17) is 0 Å². The van der Waals surface area contributed by atoms with Crippen molar-refractivity contribution >= 4 is 17.2 Å². The van der Waals surface area contributed by atoms with Crippen LogP contribution in [0.5, 0.6) is 0 Å². The van der Waals surface area contributed by atoms with Crippen molar-refractivity contribution in [3.8, 4) is 0 Å². The number of thiophene rings is 1. The van der Waals surface area contributed by atoms with Crippen LogP contribution in [0.3, 0.4) is 0 Å². The topological polar surface area (TPSA) is 41.1 Å². The van der Waals surface area contributed by atoms with E-state index in [1.165, 1.54) is 21.6 Å². The van der Waals surface area contributed by atoms with Crippen LogP contribution < -0.4 is 10.6 Å². The van der Waals surface area contributed by atoms with Crippen molar-refractivity contribution in [2.24, 2.45) is 0 Å². The van der Waals surface area contributed by atoms with Crippen LogP contribution in [0.1, 0.15) is 50.8 Å². The van der Waals surface area contributed by atoms with E-state index in [9.17, 15) is 4.79 Å². The Labute approximate surface area is 128 Å². The predicted molar refractivity (Wildman–Crippen MR) is 84.4 cm³/mol. The molecule has 0 radical (unpaired) electrons. The van der Waals surface area contributed by atoms with E-state index in [1.54, 1.807) is 0 Å². The molecule has 1 aliphatic heterocycles. The smallest absolute Gasteiger partial charge is 0.251 e. The van der Waals surface area contributed by atoms with Gasteiger partial charge in [0, 0.05) is 23.5 Å². The second-order valence-corrected chi connectivity index (χ2v) is 6.81. The minimum Gasteiger partial charge on any atom is -0.345 e. The summed E-state index contributed by atoms with van der Waals surface area (Å²) in [7, 11) is 0. The molecule has 0 fully saturated rings. The molecule has 0 saturated heterocycles. The molecule has 2 N–H and O–H groups in total. The number of aryl methyl sites for hydroxylation is 1. The van der Waals surface area contributed by atoms with E-state index in [0.29, 0.717) is 0 Å². The molecular formula is C17H18N2OS. The molecule has 1 unspecified atom stereocenters. The Morgan fingerprint density at radius 3 is 3.10 bits per heavy atom. The van der Waals surface area contributed by atoms with Crippen molar-refractivity contribution in [2.75, 3.05) is 0 Å². The van der Waals surface area contributed by atoms with Crippen LogP contribution in [0.4, 0.5) is 0 Å². The molecule has 0 spiro atoms. The van der Waals surface area contributed by atoms with Gasteiger partial charge in [-0.1, -0.05) is 6.07 Å². The summed E-state index contributed by atoms with van der Waals surface area (Å²) in [5, 5.41) is 8.67. The van der Waals surface area contributed by atoms with Crippen LogP contribution in [0.15, 0.2) is 29.6 Å². The van der Waals surface area contributed by atoms with Crippen molar-refractivity contribution in [2.45, 2.75) is 38.4 Å². The lowest BCUT2D eigenvalue weighted by Crippen LogP contribution is -2.30. The molecule has 0 saturated carbocycles. The quantitative estimate of drug-likeness (QED) is 0.894. The third-order valence-corrected chi connectivity index (χ3v) is 5.45. The van der Waals surface area contributed by atoms with Gasteiger partial charge >= 0.3 is 0 Å². The zero-order valence-corrected chi connectivity index (χ0v) is 12.6. The van der Waals surface area contributed by atoms with Gasteiger partial charge in [-0.15, -0.1) is 11.3 Å². The summed E-state index contributed by atoms with van der Waals surface area (Å²) < 4.78 is 0. The molecular weight excluding hydrogens is 280 g/mol. The van der Waals surface area contributed by atoms with Gasteiger partial charge in [0.25, 0.3) is 5.91 Å². The molecule has 21 heavy (non-hydrogen) atoms. The molecule has 1 aromatic carbocycles. The van der Waals surface area contributed by atoms with Crippen LogP contribution in [0.2, 0.25) is 0 Å². The normalized spacial score (nSPS) is 19.9. The van der Waals surface area contributed by atoms with E-state index >= 15 is 0 Å². The third kappa shape index (κ3) is 2.39. The standard InChI is InChI=1S/C17H18N2OS/c20-17(11-4-5-12-9-18-10-13(12)8-11)19-15-2-1-3-16-14(15)6-7-21-16/h4-8,15,18H,1-3,9-10H2,(H,19,20). The van der Waals surface area contributed by atoms with E-state index < -0.39 is 0 Å². The summed E-state index contributed by atoms with van der Waals surface area (Å²) in [5.41, 5.74) is 4.66. The highest BCUT2D eigenvalue weighted by Crippen LogP contribution is 2.33. The molecule has 1 aliphatic carbocycles. The minimum atomic E-state index is 0.0498. The summed E-state index contributed by atoms with van der Waals surface area (Å²) >= 11 is 1.81. The van der Waals surface area contributed by atoms with Gasteiger partial charge in [0.15, 0.2) is 0 Å². The number of carbonyl (C=O) groups excluding carboxylic acids is 1. The molecule has 0 bridgehead atoms. The van der Waals surface area contributed by atoms with Crippen LogP contribution >= 0.6 is 11.3 Å². The lowest BCUT2D eigenvalue weighted by atomic mass is 9.93. The van der Waals surface area contributed by atoms with Crippen molar-refractivity contribution < 1.29 is 4.79 Å². The summed E-state index contributed by atoms with van der Waals surface area (Å²) in [6, 6.07) is 8.39. The van der Waals surface area contributed by atoms with Gasteiger partial charge in [0.05, 0.1) is 6.04 Å². The Morgan fingerprint density at radius 1 is 1.24 bits per heavy atom. The third-order valence-electron chi connectivity index (χ3n) is 4.46. The number of amides is 1. The zero-order valence-electron chi connectivity index (χ0n) is 11.8. The van der Waals surface area contributed by atoms with E-state index in [0.717, 1.165) is 37.9 Å². The molecule has 1 atom stereocenters. The Balaban J connectivity index is 1.54. The van der Waals surface area contributed by atoms with Gasteiger partial charge in [-0.2, -0.15) is 0 Å². The number of nitrogens with one attached hydrogen (secondary N) is 2. The Hall–Kier alpha value is -1.65. The molecule has 2 heterocycles. The maximum absolute atomic E-state index is 12.5.